The molecule has 0 aliphatic rings. The number of hydrogen-bond donors (Lipinski definition) is 3. The van der Waals surface area contributed by atoms with Gasteiger partial charge in [-0.25, -0.2) is 17.9 Å². The van der Waals surface area contributed by atoms with Crippen molar-refractivity contribution in [1.82, 2.24) is 15.0 Å². The summed E-state index contributed by atoms with van der Waals surface area (Å²) in [7, 11) is -3.78. The van der Waals surface area contributed by atoms with Gasteiger partial charge in [0.25, 0.3) is 0 Å². The van der Waals surface area contributed by atoms with Crippen LogP contribution in [0.3, 0.4) is 0 Å². The monoisotopic (exact) mass is 423 g/mol. The summed E-state index contributed by atoms with van der Waals surface area (Å²) < 4.78 is 31.9. The number of carbonyl (C=O) groups is 1. The predicted molar refractivity (Wildman–Crippen MR) is 105 cm³/mol. The van der Waals surface area contributed by atoms with Crippen molar-refractivity contribution < 1.29 is 17.6 Å². The van der Waals surface area contributed by atoms with E-state index in [4.69, 9.17) is 16.0 Å². The third-order valence-corrected chi connectivity index (χ3v) is 5.84. The summed E-state index contributed by atoms with van der Waals surface area (Å²) in [6.45, 7) is 0.406. The van der Waals surface area contributed by atoms with Crippen molar-refractivity contribution in [3.8, 4) is 0 Å². The van der Waals surface area contributed by atoms with Gasteiger partial charge < -0.3 is 9.73 Å². The van der Waals surface area contributed by atoms with E-state index >= 15 is 0 Å². The first-order valence-electron chi connectivity index (χ1n) is 8.48. The molecule has 0 spiro atoms. The average Bonchev–Trinajstić information content (AvgIpc) is 3.04. The molecule has 2 aromatic carbocycles. The van der Waals surface area contributed by atoms with E-state index in [2.05, 4.69) is 15.0 Å². The molecule has 1 heterocycles. The molecule has 0 radical (unpaired) electrons. The highest BCUT2D eigenvalue weighted by atomic mass is 35.5. The third kappa shape index (κ3) is 5.00. The number of aromatic nitrogens is 1. The lowest BCUT2D eigenvalue weighted by Gasteiger charge is -2.08. The van der Waals surface area contributed by atoms with Crippen LogP contribution in [0.4, 0.5) is 0 Å². The molecular formula is C18H18ClN3O5S. The number of aromatic amines is 1. The Labute approximate surface area is 165 Å². The van der Waals surface area contributed by atoms with Gasteiger partial charge in [-0.05, 0) is 30.2 Å². The molecule has 0 saturated carbocycles. The molecule has 0 fully saturated rings. The molecule has 0 aliphatic heterocycles. The highest BCUT2D eigenvalue weighted by Gasteiger charge is 2.15. The average molecular weight is 424 g/mol. The zero-order valence-electron chi connectivity index (χ0n) is 14.7. The number of rotatable bonds is 8. The number of oxazole rings is 1. The van der Waals surface area contributed by atoms with Crippen LogP contribution in [0, 0.1) is 0 Å². The van der Waals surface area contributed by atoms with Gasteiger partial charge in [0.05, 0.1) is 10.4 Å². The number of sulfonamides is 1. The molecule has 8 nitrogen and oxygen atoms in total. The highest BCUT2D eigenvalue weighted by Crippen LogP contribution is 2.16. The fourth-order valence-electron chi connectivity index (χ4n) is 2.56. The van der Waals surface area contributed by atoms with E-state index in [1.54, 1.807) is 12.1 Å². The maximum absolute atomic E-state index is 12.3. The van der Waals surface area contributed by atoms with Gasteiger partial charge in [0.1, 0.15) is 0 Å². The van der Waals surface area contributed by atoms with Crippen molar-refractivity contribution in [2.75, 3.05) is 6.54 Å². The Morgan fingerprint density at radius 1 is 1.18 bits per heavy atom. The van der Waals surface area contributed by atoms with E-state index in [-0.39, 0.29) is 29.4 Å². The summed E-state index contributed by atoms with van der Waals surface area (Å²) in [6, 6.07) is 11.3. The number of carbonyl (C=O) groups excluding carboxylic acids is 1. The quantitative estimate of drug-likeness (QED) is 0.479. The lowest BCUT2D eigenvalue weighted by atomic mass is 10.2. The summed E-state index contributed by atoms with van der Waals surface area (Å²) in [5, 5.41) is 3.32. The van der Waals surface area contributed by atoms with Crippen molar-refractivity contribution in [1.29, 1.82) is 0 Å². The first-order chi connectivity index (χ1) is 13.3. The number of halogens is 1. The van der Waals surface area contributed by atoms with Crippen LogP contribution >= 0.6 is 11.6 Å². The van der Waals surface area contributed by atoms with E-state index in [0.29, 0.717) is 23.5 Å². The molecule has 3 aromatic rings. The number of H-pyrrole nitrogens is 1. The molecule has 1 amide bonds. The van der Waals surface area contributed by atoms with E-state index in [0.717, 1.165) is 5.56 Å². The molecule has 0 saturated heterocycles. The zero-order valence-corrected chi connectivity index (χ0v) is 16.3. The molecule has 10 heteroatoms. The minimum Gasteiger partial charge on any atom is -0.408 e. The van der Waals surface area contributed by atoms with Crippen molar-refractivity contribution >= 4 is 38.6 Å². The molecule has 28 heavy (non-hydrogen) atoms. The highest BCUT2D eigenvalue weighted by molar-refractivity contribution is 7.89. The van der Waals surface area contributed by atoms with Gasteiger partial charge in [-0.3, -0.25) is 9.78 Å². The number of fused-ring (bicyclic) bond motifs is 1. The van der Waals surface area contributed by atoms with E-state index in [9.17, 15) is 18.0 Å². The van der Waals surface area contributed by atoms with Crippen LogP contribution in [0.25, 0.3) is 11.1 Å². The van der Waals surface area contributed by atoms with Crippen molar-refractivity contribution in [2.45, 2.75) is 24.3 Å². The summed E-state index contributed by atoms with van der Waals surface area (Å²) >= 11 is 6.03. The van der Waals surface area contributed by atoms with Crippen molar-refractivity contribution in [3.05, 3.63) is 63.6 Å². The second kappa shape index (κ2) is 8.59. The first-order valence-corrected chi connectivity index (χ1v) is 10.3. The van der Waals surface area contributed by atoms with Crippen LogP contribution < -0.4 is 15.8 Å². The van der Waals surface area contributed by atoms with Gasteiger partial charge in [0.15, 0.2) is 5.58 Å². The SMILES string of the molecule is O=C(CCCNS(=O)(=O)c1ccc2[nH]c(=O)oc2c1)NCc1ccccc1Cl. The second-order valence-electron chi connectivity index (χ2n) is 6.04. The first kappa shape index (κ1) is 20.1. The Bertz CT molecular complexity index is 1150. The third-order valence-electron chi connectivity index (χ3n) is 4.01. The summed E-state index contributed by atoms with van der Waals surface area (Å²) in [6.07, 6.45) is 0.494. The lowest BCUT2D eigenvalue weighted by Crippen LogP contribution is -2.27. The van der Waals surface area contributed by atoms with Crippen LogP contribution in [0.15, 0.2) is 56.6 Å². The summed E-state index contributed by atoms with van der Waals surface area (Å²) in [5.74, 6) is -0.852. The van der Waals surface area contributed by atoms with Gasteiger partial charge in [0, 0.05) is 30.6 Å². The van der Waals surface area contributed by atoms with Crippen LogP contribution in [0.5, 0.6) is 0 Å². The minimum atomic E-state index is -3.78. The molecule has 148 valence electrons. The second-order valence-corrected chi connectivity index (χ2v) is 8.22. The fourth-order valence-corrected chi connectivity index (χ4v) is 3.85. The molecule has 0 aliphatic carbocycles. The predicted octanol–water partition coefficient (Wildman–Crippen LogP) is 2.15. The Morgan fingerprint density at radius 2 is 1.96 bits per heavy atom. The number of amides is 1. The zero-order chi connectivity index (χ0) is 20.1. The smallest absolute Gasteiger partial charge is 0.408 e. The lowest BCUT2D eigenvalue weighted by molar-refractivity contribution is -0.121. The molecular weight excluding hydrogens is 406 g/mol. The number of benzene rings is 2. The Balaban J connectivity index is 1.47. The molecule has 0 atom stereocenters. The molecule has 0 bridgehead atoms. The fraction of sp³-hybridized carbons (Fsp3) is 0.222. The molecule has 1 aromatic heterocycles. The maximum Gasteiger partial charge on any atom is 0.417 e. The van der Waals surface area contributed by atoms with Crippen LogP contribution in [0.2, 0.25) is 5.02 Å². The van der Waals surface area contributed by atoms with E-state index < -0.39 is 15.8 Å². The van der Waals surface area contributed by atoms with Gasteiger partial charge >= 0.3 is 5.76 Å². The van der Waals surface area contributed by atoms with E-state index in [1.165, 1.54) is 18.2 Å². The van der Waals surface area contributed by atoms with Crippen LogP contribution in [-0.2, 0) is 21.4 Å². The number of hydrogen-bond acceptors (Lipinski definition) is 5. The normalized spacial score (nSPS) is 11.6. The molecule has 3 N–H and O–H groups in total. The largest absolute Gasteiger partial charge is 0.417 e. The summed E-state index contributed by atoms with van der Waals surface area (Å²) in [4.78, 5) is 25.5. The molecule has 3 rings (SSSR count). The van der Waals surface area contributed by atoms with E-state index in [1.807, 2.05) is 12.1 Å². The molecule has 0 unspecified atom stereocenters. The van der Waals surface area contributed by atoms with Crippen molar-refractivity contribution in [3.63, 3.8) is 0 Å². The van der Waals surface area contributed by atoms with Gasteiger partial charge in [0.2, 0.25) is 15.9 Å². The summed E-state index contributed by atoms with van der Waals surface area (Å²) in [5.41, 5.74) is 1.39. The Hall–Kier alpha value is -2.62. The number of nitrogens with one attached hydrogen (secondary N) is 3. The van der Waals surface area contributed by atoms with Crippen LogP contribution in [-0.4, -0.2) is 25.9 Å². The van der Waals surface area contributed by atoms with Gasteiger partial charge in [-0.15, -0.1) is 0 Å². The standard InChI is InChI=1S/C18H18ClN3O5S/c19-14-5-2-1-4-12(14)11-20-17(23)6-3-9-21-28(25,26)13-7-8-15-16(10-13)27-18(24)22-15/h1-2,4-5,7-8,10,21H,3,6,9,11H2,(H,20,23)(H,22,24). The van der Waals surface area contributed by atoms with Crippen molar-refractivity contribution in [2.24, 2.45) is 0 Å². The minimum absolute atomic E-state index is 0.0223. The van der Waals surface area contributed by atoms with Crippen LogP contribution in [0.1, 0.15) is 18.4 Å². The Morgan fingerprint density at radius 3 is 2.75 bits per heavy atom. The maximum atomic E-state index is 12.3. The van der Waals surface area contributed by atoms with Gasteiger partial charge in [-0.2, -0.15) is 0 Å². The Kier molecular flexibility index (Phi) is 6.18. The van der Waals surface area contributed by atoms with Gasteiger partial charge in [-0.1, -0.05) is 29.8 Å². The topological polar surface area (TPSA) is 121 Å².